The number of benzene rings is 1. The summed E-state index contributed by atoms with van der Waals surface area (Å²) in [5, 5.41) is 5.91. The Hall–Kier alpha value is -2.57. The molecule has 2 N–H and O–H groups in total. The lowest BCUT2D eigenvalue weighted by Gasteiger charge is -2.36. The van der Waals surface area contributed by atoms with Crippen LogP contribution < -0.4 is 15.4 Å². The Morgan fingerprint density at radius 3 is 2.16 bits per heavy atom. The van der Waals surface area contributed by atoms with Crippen LogP contribution in [0.2, 0.25) is 0 Å². The standard InChI is InChI=1S/C24H37N3O4/c1-16(2)14-21(28)27-12-10-18(11-13-27)22(24(30)25-15-17(3)4)26-23(29)19-6-8-20(31-5)9-7-19/h6-9,16-18,22H,10-15H2,1-5H3,(H,25,30)(H,26,29)/t22-/m0/s1. The zero-order chi connectivity index (χ0) is 23.0. The van der Waals surface area contributed by atoms with E-state index in [9.17, 15) is 14.4 Å². The first-order chi connectivity index (χ1) is 14.7. The van der Waals surface area contributed by atoms with Gasteiger partial charge in [0.2, 0.25) is 11.8 Å². The molecule has 0 spiro atoms. The Kier molecular flexibility index (Phi) is 9.34. The van der Waals surface area contributed by atoms with E-state index in [2.05, 4.69) is 10.6 Å². The average Bonchev–Trinajstić information content (AvgIpc) is 2.75. The van der Waals surface area contributed by atoms with Crippen molar-refractivity contribution in [2.75, 3.05) is 26.7 Å². The van der Waals surface area contributed by atoms with Gasteiger partial charge in [-0.3, -0.25) is 14.4 Å². The summed E-state index contributed by atoms with van der Waals surface area (Å²) >= 11 is 0. The van der Waals surface area contributed by atoms with Crippen molar-refractivity contribution in [1.82, 2.24) is 15.5 Å². The molecule has 31 heavy (non-hydrogen) atoms. The monoisotopic (exact) mass is 431 g/mol. The van der Waals surface area contributed by atoms with E-state index in [-0.39, 0.29) is 23.6 Å². The maximum atomic E-state index is 12.9. The Morgan fingerprint density at radius 2 is 1.65 bits per heavy atom. The smallest absolute Gasteiger partial charge is 0.251 e. The fraction of sp³-hybridized carbons (Fsp3) is 0.625. The number of carbonyl (C=O) groups is 3. The van der Waals surface area contributed by atoms with Crippen molar-refractivity contribution < 1.29 is 19.1 Å². The molecule has 0 aromatic heterocycles. The number of methoxy groups -OCH3 is 1. The molecule has 1 heterocycles. The Balaban J connectivity index is 2.07. The molecule has 0 bridgehead atoms. The van der Waals surface area contributed by atoms with Crippen LogP contribution in [0.1, 0.15) is 57.3 Å². The molecule has 1 fully saturated rings. The van der Waals surface area contributed by atoms with Gasteiger partial charge in [-0.2, -0.15) is 0 Å². The van der Waals surface area contributed by atoms with Crippen molar-refractivity contribution in [2.45, 2.75) is 53.0 Å². The van der Waals surface area contributed by atoms with Gasteiger partial charge in [-0.25, -0.2) is 0 Å². The normalized spacial score (nSPS) is 15.6. The van der Waals surface area contributed by atoms with E-state index in [4.69, 9.17) is 4.74 Å². The lowest BCUT2D eigenvalue weighted by molar-refractivity contribution is -0.133. The maximum Gasteiger partial charge on any atom is 0.251 e. The highest BCUT2D eigenvalue weighted by Gasteiger charge is 2.34. The third kappa shape index (κ3) is 7.56. The van der Waals surface area contributed by atoms with Crippen molar-refractivity contribution in [3.8, 4) is 5.75 Å². The minimum absolute atomic E-state index is 0.0162. The first kappa shape index (κ1) is 24.7. The summed E-state index contributed by atoms with van der Waals surface area (Å²) in [6.07, 6.45) is 1.91. The van der Waals surface area contributed by atoms with E-state index < -0.39 is 6.04 Å². The summed E-state index contributed by atoms with van der Waals surface area (Å²) in [5.41, 5.74) is 0.479. The van der Waals surface area contributed by atoms with Crippen molar-refractivity contribution >= 4 is 17.7 Å². The van der Waals surface area contributed by atoms with Gasteiger partial charge in [-0.1, -0.05) is 27.7 Å². The van der Waals surface area contributed by atoms with Crippen molar-refractivity contribution in [3.63, 3.8) is 0 Å². The molecule has 1 aliphatic rings. The summed E-state index contributed by atoms with van der Waals surface area (Å²) in [7, 11) is 1.57. The van der Waals surface area contributed by atoms with Crippen LogP contribution in [0.25, 0.3) is 0 Å². The molecule has 1 saturated heterocycles. The molecule has 1 atom stereocenters. The van der Waals surface area contributed by atoms with Crippen molar-refractivity contribution in [2.24, 2.45) is 17.8 Å². The number of hydrogen-bond acceptors (Lipinski definition) is 4. The van der Waals surface area contributed by atoms with E-state index in [1.807, 2.05) is 32.6 Å². The number of carbonyl (C=O) groups excluding carboxylic acids is 3. The van der Waals surface area contributed by atoms with E-state index in [1.54, 1.807) is 31.4 Å². The third-order valence-corrected chi connectivity index (χ3v) is 5.55. The van der Waals surface area contributed by atoms with Crippen LogP contribution in [-0.2, 0) is 9.59 Å². The molecule has 7 heteroatoms. The van der Waals surface area contributed by atoms with Crippen LogP contribution in [0.15, 0.2) is 24.3 Å². The summed E-state index contributed by atoms with van der Waals surface area (Å²) < 4.78 is 5.14. The number of amides is 3. The highest BCUT2D eigenvalue weighted by Crippen LogP contribution is 2.23. The van der Waals surface area contributed by atoms with Gasteiger partial charge in [0.15, 0.2) is 0 Å². The molecule has 3 amide bonds. The van der Waals surface area contributed by atoms with Crippen molar-refractivity contribution in [3.05, 3.63) is 29.8 Å². The second kappa shape index (κ2) is 11.7. The number of likely N-dealkylation sites (tertiary alicyclic amines) is 1. The van der Waals surface area contributed by atoms with E-state index >= 15 is 0 Å². The highest BCUT2D eigenvalue weighted by atomic mass is 16.5. The minimum atomic E-state index is -0.629. The van der Waals surface area contributed by atoms with E-state index in [0.717, 1.165) is 0 Å². The van der Waals surface area contributed by atoms with Gasteiger partial charge >= 0.3 is 0 Å². The molecule has 0 unspecified atom stereocenters. The lowest BCUT2D eigenvalue weighted by Crippen LogP contribution is -2.54. The second-order valence-electron chi connectivity index (χ2n) is 9.13. The number of nitrogens with zero attached hydrogens (tertiary/aromatic N) is 1. The first-order valence-corrected chi connectivity index (χ1v) is 11.2. The van der Waals surface area contributed by atoms with Crippen LogP contribution in [0.3, 0.4) is 0 Å². The lowest BCUT2D eigenvalue weighted by atomic mass is 9.88. The van der Waals surface area contributed by atoms with Gasteiger partial charge in [0.1, 0.15) is 11.8 Å². The summed E-state index contributed by atoms with van der Waals surface area (Å²) in [5.74, 6) is 1.00. The summed E-state index contributed by atoms with van der Waals surface area (Å²) in [4.78, 5) is 40.0. The Bertz CT molecular complexity index is 738. The number of piperidine rings is 1. The summed E-state index contributed by atoms with van der Waals surface area (Å²) in [6, 6.07) is 6.19. The zero-order valence-electron chi connectivity index (χ0n) is 19.4. The molecule has 172 valence electrons. The number of nitrogens with one attached hydrogen (secondary N) is 2. The number of ether oxygens (including phenoxy) is 1. The van der Waals surface area contributed by atoms with Crippen LogP contribution >= 0.6 is 0 Å². The van der Waals surface area contributed by atoms with Crippen LogP contribution in [0.4, 0.5) is 0 Å². The SMILES string of the molecule is COc1ccc(C(=O)N[C@H](C(=O)NCC(C)C)C2CCN(C(=O)CC(C)C)CC2)cc1. The second-order valence-corrected chi connectivity index (χ2v) is 9.13. The fourth-order valence-electron chi connectivity index (χ4n) is 3.74. The molecule has 0 saturated carbocycles. The fourth-order valence-corrected chi connectivity index (χ4v) is 3.74. The van der Waals surface area contributed by atoms with Crippen LogP contribution in [0.5, 0.6) is 5.75 Å². The highest BCUT2D eigenvalue weighted by molar-refractivity contribution is 5.97. The third-order valence-electron chi connectivity index (χ3n) is 5.55. The topological polar surface area (TPSA) is 87.7 Å². The minimum Gasteiger partial charge on any atom is -0.497 e. The molecule has 1 aromatic carbocycles. The van der Waals surface area contributed by atoms with Crippen LogP contribution in [0, 0.1) is 17.8 Å². The largest absolute Gasteiger partial charge is 0.497 e. The quantitative estimate of drug-likeness (QED) is 0.629. The number of hydrogen-bond donors (Lipinski definition) is 2. The molecule has 0 aliphatic carbocycles. The van der Waals surface area contributed by atoms with Gasteiger partial charge in [0.05, 0.1) is 7.11 Å². The Morgan fingerprint density at radius 1 is 1.03 bits per heavy atom. The van der Waals surface area contributed by atoms with Gasteiger partial charge in [0, 0.05) is 31.6 Å². The molecular weight excluding hydrogens is 394 g/mol. The van der Waals surface area contributed by atoms with Gasteiger partial charge in [0.25, 0.3) is 5.91 Å². The molecule has 1 aromatic rings. The van der Waals surface area contributed by atoms with Crippen LogP contribution in [-0.4, -0.2) is 55.4 Å². The van der Waals surface area contributed by atoms with Gasteiger partial charge < -0.3 is 20.3 Å². The van der Waals surface area contributed by atoms with Gasteiger partial charge in [-0.15, -0.1) is 0 Å². The molecule has 0 radical (unpaired) electrons. The first-order valence-electron chi connectivity index (χ1n) is 11.2. The maximum absolute atomic E-state index is 12.9. The van der Waals surface area contributed by atoms with E-state index in [1.165, 1.54) is 0 Å². The zero-order valence-corrected chi connectivity index (χ0v) is 19.4. The predicted octanol–water partition coefficient (Wildman–Crippen LogP) is 2.85. The predicted molar refractivity (Wildman–Crippen MR) is 121 cm³/mol. The molecule has 7 nitrogen and oxygen atoms in total. The van der Waals surface area contributed by atoms with Crippen molar-refractivity contribution in [1.29, 1.82) is 0 Å². The Labute approximate surface area is 185 Å². The molecular formula is C24H37N3O4. The average molecular weight is 432 g/mol. The van der Waals surface area contributed by atoms with E-state index in [0.29, 0.717) is 62.0 Å². The molecule has 2 rings (SSSR count). The summed E-state index contributed by atoms with van der Waals surface area (Å²) in [6.45, 7) is 9.92. The molecule has 1 aliphatic heterocycles. The van der Waals surface area contributed by atoms with Gasteiger partial charge in [-0.05, 0) is 54.9 Å². The number of rotatable bonds is 9.